The maximum absolute atomic E-state index is 9.20. The van der Waals surface area contributed by atoms with Crippen LogP contribution in [-0.4, -0.2) is 13.2 Å². The molecule has 3 nitrogen and oxygen atoms in total. The van der Waals surface area contributed by atoms with Crippen LogP contribution < -0.4 is 10.5 Å². The molecule has 1 aromatic rings. The van der Waals surface area contributed by atoms with Crippen molar-refractivity contribution in [1.82, 2.24) is 0 Å². The summed E-state index contributed by atoms with van der Waals surface area (Å²) in [6.07, 6.45) is 3.59. The Kier molecular flexibility index (Phi) is 5.67. The average molecular weight is 246 g/mol. The van der Waals surface area contributed by atoms with Crippen LogP contribution in [0.3, 0.4) is 0 Å². The van der Waals surface area contributed by atoms with Crippen LogP contribution in [0, 0.1) is 11.3 Å². The van der Waals surface area contributed by atoms with E-state index in [1.54, 1.807) is 7.11 Å². The van der Waals surface area contributed by atoms with Crippen molar-refractivity contribution >= 4 is 0 Å². The van der Waals surface area contributed by atoms with E-state index in [0.717, 1.165) is 48.1 Å². The molecule has 0 heterocycles. The van der Waals surface area contributed by atoms with Crippen LogP contribution in [0.2, 0.25) is 0 Å². The van der Waals surface area contributed by atoms with Crippen molar-refractivity contribution in [2.45, 2.75) is 45.6 Å². The molecule has 0 aliphatic carbocycles. The largest absolute Gasteiger partial charge is 0.496 e. The molecule has 0 aliphatic heterocycles. The van der Waals surface area contributed by atoms with Crippen LogP contribution in [0.5, 0.6) is 5.75 Å². The van der Waals surface area contributed by atoms with E-state index in [0.29, 0.717) is 0 Å². The molecule has 1 atom stereocenters. The lowest BCUT2D eigenvalue weighted by Gasteiger charge is -2.15. The van der Waals surface area contributed by atoms with E-state index in [1.165, 1.54) is 0 Å². The van der Waals surface area contributed by atoms with Crippen molar-refractivity contribution in [3.8, 4) is 11.8 Å². The van der Waals surface area contributed by atoms with Crippen molar-refractivity contribution in [3.05, 3.63) is 28.8 Å². The molecule has 2 N–H and O–H groups in total. The molecular formula is C15H22N2O. The molecule has 0 saturated carbocycles. The lowest BCUT2D eigenvalue weighted by Crippen LogP contribution is -2.21. The summed E-state index contributed by atoms with van der Waals surface area (Å²) < 4.78 is 5.41. The summed E-state index contributed by atoms with van der Waals surface area (Å²) in [6.45, 7) is 4.17. The average Bonchev–Trinajstić information content (AvgIpc) is 2.39. The molecular weight excluding hydrogens is 224 g/mol. The molecule has 18 heavy (non-hydrogen) atoms. The highest BCUT2D eigenvalue weighted by molar-refractivity contribution is 5.48. The predicted octanol–water partition coefficient (Wildman–Crippen LogP) is 2.80. The summed E-state index contributed by atoms with van der Waals surface area (Å²) in [5, 5.41) is 9.20. The Morgan fingerprint density at radius 2 is 2.06 bits per heavy atom. The predicted molar refractivity (Wildman–Crippen MR) is 73.7 cm³/mol. The monoisotopic (exact) mass is 246 g/mol. The summed E-state index contributed by atoms with van der Waals surface area (Å²) in [5.41, 5.74) is 8.82. The number of nitrogens with two attached hydrogens (primary N) is 1. The number of hydrogen-bond donors (Lipinski definition) is 1. The Labute approximate surface area is 110 Å². The number of rotatable bonds is 6. The molecule has 1 aromatic carbocycles. The van der Waals surface area contributed by atoms with E-state index >= 15 is 0 Å². The first-order valence-electron chi connectivity index (χ1n) is 6.51. The maximum Gasteiger partial charge on any atom is 0.122 e. The van der Waals surface area contributed by atoms with Crippen molar-refractivity contribution < 1.29 is 4.74 Å². The van der Waals surface area contributed by atoms with Gasteiger partial charge in [-0.15, -0.1) is 0 Å². The van der Waals surface area contributed by atoms with Crippen LogP contribution in [0.4, 0.5) is 0 Å². The highest BCUT2D eigenvalue weighted by Crippen LogP contribution is 2.25. The molecule has 98 valence electrons. The number of aryl methyl sites for hydroxylation is 1. The standard InChI is InChI=1S/C15H22N2O/c1-4-6-11-9-15(18-3)12(7-13(11)10-16)8-14(17)5-2/h7,9,14H,4-6,8,17H2,1-3H3. The third-order valence-electron chi connectivity index (χ3n) is 3.15. The number of methoxy groups -OCH3 is 1. The van der Waals surface area contributed by atoms with Crippen LogP contribution in [-0.2, 0) is 12.8 Å². The second-order valence-corrected chi connectivity index (χ2v) is 4.56. The van der Waals surface area contributed by atoms with Crippen LogP contribution in [0.25, 0.3) is 0 Å². The fraction of sp³-hybridized carbons (Fsp3) is 0.533. The van der Waals surface area contributed by atoms with Crippen molar-refractivity contribution in [3.63, 3.8) is 0 Å². The Balaban J connectivity index is 3.14. The van der Waals surface area contributed by atoms with Crippen LogP contribution in [0.1, 0.15) is 43.4 Å². The van der Waals surface area contributed by atoms with Crippen LogP contribution >= 0.6 is 0 Å². The molecule has 0 fully saturated rings. The van der Waals surface area contributed by atoms with Gasteiger partial charge in [0.1, 0.15) is 5.75 Å². The Bertz CT molecular complexity index is 435. The first kappa shape index (κ1) is 14.5. The zero-order chi connectivity index (χ0) is 13.5. The smallest absolute Gasteiger partial charge is 0.122 e. The molecule has 0 amide bonds. The van der Waals surface area contributed by atoms with E-state index in [2.05, 4.69) is 19.9 Å². The second-order valence-electron chi connectivity index (χ2n) is 4.56. The highest BCUT2D eigenvalue weighted by atomic mass is 16.5. The molecule has 3 heteroatoms. The van der Waals surface area contributed by atoms with Gasteiger partial charge in [0.15, 0.2) is 0 Å². The Morgan fingerprint density at radius 1 is 1.33 bits per heavy atom. The van der Waals surface area contributed by atoms with Crippen molar-refractivity contribution in [1.29, 1.82) is 5.26 Å². The number of ether oxygens (including phenoxy) is 1. The molecule has 0 spiro atoms. The molecule has 1 unspecified atom stereocenters. The molecule has 0 aliphatic rings. The van der Waals surface area contributed by atoms with Gasteiger partial charge in [-0.05, 0) is 42.5 Å². The van der Waals surface area contributed by atoms with Gasteiger partial charge < -0.3 is 10.5 Å². The highest BCUT2D eigenvalue weighted by Gasteiger charge is 2.12. The third kappa shape index (κ3) is 3.48. The lowest BCUT2D eigenvalue weighted by molar-refractivity contribution is 0.407. The first-order chi connectivity index (χ1) is 8.65. The van der Waals surface area contributed by atoms with Crippen molar-refractivity contribution in [2.75, 3.05) is 7.11 Å². The summed E-state index contributed by atoms with van der Waals surface area (Å²) in [4.78, 5) is 0. The minimum atomic E-state index is 0.113. The van der Waals surface area contributed by atoms with Gasteiger partial charge in [-0.25, -0.2) is 0 Å². The zero-order valence-electron chi connectivity index (χ0n) is 11.5. The summed E-state index contributed by atoms with van der Waals surface area (Å²) in [6, 6.07) is 6.30. The number of nitrogens with zero attached hydrogens (tertiary/aromatic N) is 1. The van der Waals surface area contributed by atoms with Gasteiger partial charge in [0.2, 0.25) is 0 Å². The molecule has 0 saturated heterocycles. The maximum atomic E-state index is 9.20. The van der Waals surface area contributed by atoms with Gasteiger partial charge in [0.05, 0.1) is 18.7 Å². The van der Waals surface area contributed by atoms with E-state index < -0.39 is 0 Å². The molecule has 1 rings (SSSR count). The van der Waals surface area contributed by atoms with Crippen LogP contribution in [0.15, 0.2) is 12.1 Å². The molecule has 0 bridgehead atoms. The topological polar surface area (TPSA) is 59.0 Å². The van der Waals surface area contributed by atoms with Crippen molar-refractivity contribution in [2.24, 2.45) is 5.73 Å². The van der Waals surface area contributed by atoms with E-state index in [9.17, 15) is 5.26 Å². The normalized spacial score (nSPS) is 11.9. The Hall–Kier alpha value is -1.53. The van der Waals surface area contributed by atoms with E-state index in [4.69, 9.17) is 10.5 Å². The van der Waals surface area contributed by atoms with Gasteiger partial charge in [-0.2, -0.15) is 5.26 Å². The quantitative estimate of drug-likeness (QED) is 0.839. The fourth-order valence-electron chi connectivity index (χ4n) is 2.02. The number of benzene rings is 1. The second kappa shape index (κ2) is 7.03. The van der Waals surface area contributed by atoms with E-state index in [-0.39, 0.29) is 6.04 Å². The van der Waals surface area contributed by atoms with E-state index in [1.807, 2.05) is 12.1 Å². The number of hydrogen-bond acceptors (Lipinski definition) is 3. The Morgan fingerprint density at radius 3 is 2.56 bits per heavy atom. The minimum Gasteiger partial charge on any atom is -0.496 e. The first-order valence-corrected chi connectivity index (χ1v) is 6.51. The van der Waals surface area contributed by atoms with Gasteiger partial charge in [-0.1, -0.05) is 20.3 Å². The fourth-order valence-corrected chi connectivity index (χ4v) is 2.02. The van der Waals surface area contributed by atoms with Gasteiger partial charge in [0, 0.05) is 6.04 Å². The SMILES string of the molecule is CCCc1cc(OC)c(CC(N)CC)cc1C#N. The van der Waals surface area contributed by atoms with Gasteiger partial charge >= 0.3 is 0 Å². The molecule has 0 radical (unpaired) electrons. The zero-order valence-corrected chi connectivity index (χ0v) is 11.5. The third-order valence-corrected chi connectivity index (χ3v) is 3.15. The summed E-state index contributed by atoms with van der Waals surface area (Å²) in [7, 11) is 1.66. The summed E-state index contributed by atoms with van der Waals surface area (Å²) >= 11 is 0. The molecule has 0 aromatic heterocycles. The minimum absolute atomic E-state index is 0.113. The van der Waals surface area contributed by atoms with Gasteiger partial charge in [0.25, 0.3) is 0 Å². The lowest BCUT2D eigenvalue weighted by atomic mass is 9.96. The number of nitriles is 1. The summed E-state index contributed by atoms with van der Waals surface area (Å²) in [5.74, 6) is 0.848. The van der Waals surface area contributed by atoms with Gasteiger partial charge in [-0.3, -0.25) is 0 Å².